The van der Waals surface area contributed by atoms with E-state index in [1.807, 2.05) is 19.9 Å². The summed E-state index contributed by atoms with van der Waals surface area (Å²) < 4.78 is 24.9. The molecule has 1 heterocycles. The summed E-state index contributed by atoms with van der Waals surface area (Å²) in [6.45, 7) is 4.77. The van der Waals surface area contributed by atoms with Crippen LogP contribution in [0.5, 0.6) is 0 Å². The molecule has 0 spiro atoms. The van der Waals surface area contributed by atoms with Crippen LogP contribution in [0.1, 0.15) is 23.6 Å². The first kappa shape index (κ1) is 15.1. The van der Waals surface area contributed by atoms with Crippen LogP contribution in [-0.2, 0) is 16.6 Å². The van der Waals surface area contributed by atoms with Crippen molar-refractivity contribution in [3.8, 4) is 6.07 Å². The second kappa shape index (κ2) is 5.80. The Morgan fingerprint density at radius 1 is 1.44 bits per heavy atom. The molecule has 1 aromatic heterocycles. The molecule has 100 valence electrons. The molecule has 0 radical (unpaired) electrons. The lowest BCUT2D eigenvalue weighted by Gasteiger charge is -2.25. The van der Waals surface area contributed by atoms with Gasteiger partial charge < -0.3 is 5.32 Å². The number of nitrogens with zero attached hydrogens (tertiary/aromatic N) is 1. The maximum atomic E-state index is 11.1. The number of hydrogen-bond acceptors (Lipinski definition) is 5. The van der Waals surface area contributed by atoms with E-state index in [1.165, 1.54) is 11.3 Å². The van der Waals surface area contributed by atoms with Gasteiger partial charge in [-0.25, -0.2) is 13.1 Å². The minimum atomic E-state index is -3.21. The largest absolute Gasteiger partial charge is 0.310 e. The van der Waals surface area contributed by atoms with E-state index in [1.54, 1.807) is 6.07 Å². The fourth-order valence-electron chi connectivity index (χ4n) is 1.57. The molecule has 0 atom stereocenters. The Morgan fingerprint density at radius 3 is 2.61 bits per heavy atom. The molecule has 18 heavy (non-hydrogen) atoms. The van der Waals surface area contributed by atoms with Crippen LogP contribution >= 0.6 is 11.3 Å². The first-order valence-corrected chi connectivity index (χ1v) is 8.11. The van der Waals surface area contributed by atoms with E-state index in [0.29, 0.717) is 18.0 Å². The molecule has 1 rings (SSSR count). The summed E-state index contributed by atoms with van der Waals surface area (Å²) >= 11 is 1.43. The normalized spacial score (nSPS) is 12.3. The van der Waals surface area contributed by atoms with Crippen molar-refractivity contribution in [2.75, 3.05) is 12.8 Å². The van der Waals surface area contributed by atoms with Crippen molar-refractivity contribution < 1.29 is 8.42 Å². The number of rotatable bonds is 6. The van der Waals surface area contributed by atoms with Gasteiger partial charge >= 0.3 is 0 Å². The summed E-state index contributed by atoms with van der Waals surface area (Å²) in [5.41, 5.74) is -0.539. The number of nitriles is 1. The predicted molar refractivity (Wildman–Crippen MR) is 72.8 cm³/mol. The van der Waals surface area contributed by atoms with Crippen LogP contribution in [-0.4, -0.2) is 26.8 Å². The van der Waals surface area contributed by atoms with E-state index >= 15 is 0 Å². The maximum Gasteiger partial charge on any atom is 0.209 e. The fraction of sp³-hybridized carbons (Fsp3) is 0.545. The standard InChI is InChI=1S/C11H17N3O2S2/c1-11(2,14-18(3,15)16)8-13-7-10-5-4-9(6-12)17-10/h4-5,13-14H,7-8H2,1-3H3. The Morgan fingerprint density at radius 2 is 2.11 bits per heavy atom. The fourth-order valence-corrected chi connectivity index (χ4v) is 3.42. The molecular weight excluding hydrogens is 270 g/mol. The van der Waals surface area contributed by atoms with Gasteiger partial charge in [0.05, 0.1) is 6.26 Å². The van der Waals surface area contributed by atoms with Crippen molar-refractivity contribution in [1.82, 2.24) is 10.0 Å². The van der Waals surface area contributed by atoms with Crippen molar-refractivity contribution in [2.24, 2.45) is 0 Å². The topological polar surface area (TPSA) is 82.0 Å². The van der Waals surface area contributed by atoms with Crippen LogP contribution in [0.3, 0.4) is 0 Å². The molecule has 0 unspecified atom stereocenters. The van der Waals surface area contributed by atoms with Gasteiger partial charge in [0, 0.05) is 23.5 Å². The molecule has 0 bridgehead atoms. The summed E-state index contributed by atoms with van der Waals surface area (Å²) in [4.78, 5) is 1.74. The van der Waals surface area contributed by atoms with Gasteiger partial charge in [-0.2, -0.15) is 5.26 Å². The van der Waals surface area contributed by atoms with Gasteiger partial charge in [0.1, 0.15) is 10.9 Å². The van der Waals surface area contributed by atoms with Crippen LogP contribution < -0.4 is 10.0 Å². The Hall–Kier alpha value is -0.940. The zero-order valence-corrected chi connectivity index (χ0v) is 12.3. The molecule has 0 aromatic carbocycles. The van der Waals surface area contributed by atoms with Crippen LogP contribution in [0.4, 0.5) is 0 Å². The number of thiophene rings is 1. The van der Waals surface area contributed by atoms with Gasteiger partial charge in [0.15, 0.2) is 0 Å². The minimum Gasteiger partial charge on any atom is -0.310 e. The van der Waals surface area contributed by atoms with Crippen molar-refractivity contribution in [3.05, 3.63) is 21.9 Å². The van der Waals surface area contributed by atoms with Gasteiger partial charge in [-0.1, -0.05) is 0 Å². The number of sulfonamides is 1. The Balaban J connectivity index is 2.44. The number of hydrogen-bond donors (Lipinski definition) is 2. The second-order valence-corrected chi connectivity index (χ2v) is 7.66. The first-order valence-electron chi connectivity index (χ1n) is 5.40. The second-order valence-electron chi connectivity index (χ2n) is 4.74. The zero-order chi connectivity index (χ0) is 13.8. The van der Waals surface area contributed by atoms with Crippen molar-refractivity contribution >= 4 is 21.4 Å². The first-order chi connectivity index (χ1) is 8.22. The van der Waals surface area contributed by atoms with Gasteiger partial charge in [-0.15, -0.1) is 11.3 Å². The number of nitrogens with one attached hydrogen (secondary N) is 2. The summed E-state index contributed by atoms with van der Waals surface area (Å²) in [5.74, 6) is 0. The van der Waals surface area contributed by atoms with E-state index in [0.717, 1.165) is 11.1 Å². The van der Waals surface area contributed by atoms with E-state index in [-0.39, 0.29) is 0 Å². The van der Waals surface area contributed by atoms with Gasteiger partial charge in [-0.05, 0) is 26.0 Å². The highest BCUT2D eigenvalue weighted by molar-refractivity contribution is 7.88. The lowest BCUT2D eigenvalue weighted by atomic mass is 10.1. The van der Waals surface area contributed by atoms with E-state index < -0.39 is 15.6 Å². The van der Waals surface area contributed by atoms with Crippen molar-refractivity contribution in [1.29, 1.82) is 5.26 Å². The molecule has 2 N–H and O–H groups in total. The molecule has 0 amide bonds. The third-order valence-electron chi connectivity index (χ3n) is 2.10. The van der Waals surface area contributed by atoms with E-state index in [2.05, 4.69) is 16.1 Å². The Labute approximate surface area is 112 Å². The van der Waals surface area contributed by atoms with Crippen LogP contribution in [0.25, 0.3) is 0 Å². The summed E-state index contributed by atoms with van der Waals surface area (Å²) in [7, 11) is -3.21. The van der Waals surface area contributed by atoms with Crippen molar-refractivity contribution in [3.63, 3.8) is 0 Å². The summed E-state index contributed by atoms with van der Waals surface area (Å²) in [5, 5.41) is 11.9. The molecule has 1 aromatic rings. The van der Waals surface area contributed by atoms with Crippen molar-refractivity contribution in [2.45, 2.75) is 25.9 Å². The monoisotopic (exact) mass is 287 g/mol. The van der Waals surface area contributed by atoms with E-state index in [4.69, 9.17) is 5.26 Å². The molecule has 0 aliphatic carbocycles. The van der Waals surface area contributed by atoms with E-state index in [9.17, 15) is 8.42 Å². The summed E-state index contributed by atoms with van der Waals surface area (Å²) in [6.07, 6.45) is 1.15. The summed E-state index contributed by atoms with van der Waals surface area (Å²) in [6, 6.07) is 5.76. The predicted octanol–water partition coefficient (Wildman–Crippen LogP) is 1.04. The molecular formula is C11H17N3O2S2. The van der Waals surface area contributed by atoms with Gasteiger partial charge in [0.2, 0.25) is 10.0 Å². The third kappa shape index (κ3) is 5.60. The maximum absolute atomic E-state index is 11.1. The highest BCUT2D eigenvalue weighted by Gasteiger charge is 2.21. The third-order valence-corrected chi connectivity index (χ3v) is 4.01. The Bertz CT molecular complexity index is 541. The Kier molecular flexibility index (Phi) is 4.87. The quantitative estimate of drug-likeness (QED) is 0.819. The van der Waals surface area contributed by atoms with Crippen LogP contribution in [0, 0.1) is 11.3 Å². The zero-order valence-electron chi connectivity index (χ0n) is 10.6. The molecule has 0 saturated carbocycles. The molecule has 0 aliphatic rings. The highest BCUT2D eigenvalue weighted by atomic mass is 32.2. The molecule has 0 saturated heterocycles. The molecule has 0 aliphatic heterocycles. The van der Waals surface area contributed by atoms with Gasteiger partial charge in [-0.3, -0.25) is 0 Å². The van der Waals surface area contributed by atoms with Gasteiger partial charge in [0.25, 0.3) is 0 Å². The minimum absolute atomic E-state index is 0.514. The molecule has 7 heteroatoms. The average molecular weight is 287 g/mol. The lowest BCUT2D eigenvalue weighted by molar-refractivity contribution is 0.422. The molecule has 5 nitrogen and oxygen atoms in total. The highest BCUT2D eigenvalue weighted by Crippen LogP contribution is 2.15. The SMILES string of the molecule is CC(C)(CNCc1ccc(C#N)s1)NS(C)(=O)=O. The van der Waals surface area contributed by atoms with Crippen LogP contribution in [0.2, 0.25) is 0 Å². The van der Waals surface area contributed by atoms with Crippen LogP contribution in [0.15, 0.2) is 12.1 Å². The smallest absolute Gasteiger partial charge is 0.209 e. The average Bonchev–Trinajstić information content (AvgIpc) is 2.61. The molecule has 0 fully saturated rings. The lowest BCUT2D eigenvalue weighted by Crippen LogP contribution is -2.49.